The lowest BCUT2D eigenvalue weighted by atomic mass is 9.99. The van der Waals surface area contributed by atoms with E-state index in [0.29, 0.717) is 12.6 Å². The molecular weight excluding hydrogens is 266 g/mol. The van der Waals surface area contributed by atoms with E-state index in [1.807, 2.05) is 13.0 Å². The van der Waals surface area contributed by atoms with Crippen molar-refractivity contribution >= 4 is 11.3 Å². The van der Waals surface area contributed by atoms with Crippen LogP contribution in [0.4, 0.5) is 0 Å². The van der Waals surface area contributed by atoms with Gasteiger partial charge < -0.3 is 10.1 Å². The minimum Gasteiger partial charge on any atom is -0.494 e. The maximum atomic E-state index is 5.76. The molecule has 0 aliphatic rings. The van der Waals surface area contributed by atoms with Crippen LogP contribution in [0.1, 0.15) is 37.4 Å². The minimum atomic E-state index is 0.350. The van der Waals surface area contributed by atoms with Gasteiger partial charge in [0, 0.05) is 11.6 Å². The Hall–Kier alpha value is -1.32. The number of aryl methyl sites for hydroxylation is 1. The molecule has 1 aromatic carbocycles. The van der Waals surface area contributed by atoms with E-state index in [2.05, 4.69) is 47.3 Å². The summed E-state index contributed by atoms with van der Waals surface area (Å²) in [6, 6.07) is 10.9. The van der Waals surface area contributed by atoms with Gasteiger partial charge in [-0.25, -0.2) is 0 Å². The number of benzene rings is 1. The molecular formula is C17H23NOS. The molecule has 0 aliphatic heterocycles. The first-order chi connectivity index (χ1) is 9.85. The number of rotatable bonds is 8. The summed E-state index contributed by atoms with van der Waals surface area (Å²) in [7, 11) is 0. The van der Waals surface area contributed by atoms with Gasteiger partial charge in [0.05, 0.1) is 6.61 Å². The van der Waals surface area contributed by atoms with Gasteiger partial charge in [-0.3, -0.25) is 0 Å². The van der Waals surface area contributed by atoms with Crippen molar-refractivity contribution in [2.24, 2.45) is 0 Å². The molecule has 1 unspecified atom stereocenters. The second kappa shape index (κ2) is 8.08. The lowest BCUT2D eigenvalue weighted by Gasteiger charge is -2.21. The Bertz CT molecular complexity index is 495. The van der Waals surface area contributed by atoms with Crippen LogP contribution in [-0.2, 0) is 6.42 Å². The maximum Gasteiger partial charge on any atom is 0.124 e. The summed E-state index contributed by atoms with van der Waals surface area (Å²) in [5.41, 5.74) is 2.69. The van der Waals surface area contributed by atoms with Gasteiger partial charge in [0.2, 0.25) is 0 Å². The highest BCUT2D eigenvalue weighted by Gasteiger charge is 2.15. The van der Waals surface area contributed by atoms with E-state index < -0.39 is 0 Å². The Morgan fingerprint density at radius 2 is 2.05 bits per heavy atom. The van der Waals surface area contributed by atoms with Gasteiger partial charge in [-0.15, -0.1) is 0 Å². The number of hydrogen-bond donors (Lipinski definition) is 1. The van der Waals surface area contributed by atoms with Crippen molar-refractivity contribution in [3.8, 4) is 5.75 Å². The molecule has 3 heteroatoms. The normalized spacial score (nSPS) is 12.3. The van der Waals surface area contributed by atoms with Crippen LogP contribution in [0.3, 0.4) is 0 Å². The van der Waals surface area contributed by atoms with Crippen LogP contribution in [0, 0.1) is 0 Å². The van der Waals surface area contributed by atoms with Crippen molar-refractivity contribution in [3.05, 3.63) is 52.2 Å². The molecule has 2 aromatic rings. The molecule has 2 rings (SSSR count). The molecule has 20 heavy (non-hydrogen) atoms. The highest BCUT2D eigenvalue weighted by Crippen LogP contribution is 2.28. The van der Waals surface area contributed by atoms with Crippen molar-refractivity contribution in [1.82, 2.24) is 5.32 Å². The van der Waals surface area contributed by atoms with Crippen molar-refractivity contribution in [2.45, 2.75) is 32.7 Å². The third-order valence-electron chi connectivity index (χ3n) is 3.35. The van der Waals surface area contributed by atoms with Crippen LogP contribution >= 0.6 is 11.3 Å². The van der Waals surface area contributed by atoms with Crippen molar-refractivity contribution in [3.63, 3.8) is 0 Å². The SMILES string of the molecule is CCNC(CCc1ccsc1)c1ccccc1OCC. The number of nitrogens with one attached hydrogen (secondary N) is 1. The molecule has 1 N–H and O–H groups in total. The second-order valence-electron chi connectivity index (χ2n) is 4.75. The predicted molar refractivity (Wildman–Crippen MR) is 86.7 cm³/mol. The van der Waals surface area contributed by atoms with Crippen molar-refractivity contribution in [1.29, 1.82) is 0 Å². The van der Waals surface area contributed by atoms with Crippen LogP contribution in [0.2, 0.25) is 0 Å². The predicted octanol–water partition coefficient (Wildman–Crippen LogP) is 4.43. The molecule has 0 saturated carbocycles. The molecule has 0 fully saturated rings. The third kappa shape index (κ3) is 4.09. The topological polar surface area (TPSA) is 21.3 Å². The molecule has 1 aromatic heterocycles. The summed E-state index contributed by atoms with van der Waals surface area (Å²) in [5.74, 6) is 1.01. The van der Waals surface area contributed by atoms with E-state index in [1.165, 1.54) is 11.1 Å². The Labute approximate surface area is 125 Å². The molecule has 2 nitrogen and oxygen atoms in total. The van der Waals surface area contributed by atoms with Crippen LogP contribution in [0.5, 0.6) is 5.75 Å². The van der Waals surface area contributed by atoms with Gasteiger partial charge in [-0.2, -0.15) is 11.3 Å². The summed E-state index contributed by atoms with van der Waals surface area (Å²) in [5, 5.41) is 7.96. The Morgan fingerprint density at radius 1 is 1.20 bits per heavy atom. The number of thiophene rings is 1. The molecule has 0 aliphatic carbocycles. The summed E-state index contributed by atoms with van der Waals surface area (Å²) < 4.78 is 5.76. The number of para-hydroxylation sites is 1. The Balaban J connectivity index is 2.10. The molecule has 0 radical (unpaired) electrons. The average molecular weight is 289 g/mol. The Morgan fingerprint density at radius 3 is 2.75 bits per heavy atom. The quantitative estimate of drug-likeness (QED) is 0.776. The minimum absolute atomic E-state index is 0.350. The summed E-state index contributed by atoms with van der Waals surface area (Å²) in [6.07, 6.45) is 2.19. The fourth-order valence-corrected chi connectivity index (χ4v) is 3.12. The van der Waals surface area contributed by atoms with E-state index in [1.54, 1.807) is 11.3 Å². The lowest BCUT2D eigenvalue weighted by molar-refractivity contribution is 0.330. The molecule has 0 spiro atoms. The highest BCUT2D eigenvalue weighted by atomic mass is 32.1. The van der Waals surface area contributed by atoms with E-state index in [4.69, 9.17) is 4.74 Å². The van der Waals surface area contributed by atoms with E-state index in [9.17, 15) is 0 Å². The number of ether oxygens (including phenoxy) is 1. The fraction of sp³-hybridized carbons (Fsp3) is 0.412. The summed E-state index contributed by atoms with van der Waals surface area (Å²) in [6.45, 7) is 5.86. The maximum absolute atomic E-state index is 5.76. The summed E-state index contributed by atoms with van der Waals surface area (Å²) in [4.78, 5) is 0. The number of hydrogen-bond acceptors (Lipinski definition) is 3. The first-order valence-electron chi connectivity index (χ1n) is 7.31. The molecule has 108 valence electrons. The average Bonchev–Trinajstić information content (AvgIpc) is 2.98. The van der Waals surface area contributed by atoms with Crippen LogP contribution in [0.15, 0.2) is 41.1 Å². The standard InChI is InChI=1S/C17H23NOS/c1-3-18-16(10-9-14-11-12-20-13-14)15-7-5-6-8-17(15)19-4-2/h5-8,11-13,16,18H,3-4,9-10H2,1-2H3. The molecule has 1 heterocycles. The summed E-state index contributed by atoms with van der Waals surface area (Å²) >= 11 is 1.77. The van der Waals surface area contributed by atoms with Crippen molar-refractivity contribution < 1.29 is 4.74 Å². The molecule has 0 bridgehead atoms. The smallest absolute Gasteiger partial charge is 0.124 e. The van der Waals surface area contributed by atoms with E-state index >= 15 is 0 Å². The van der Waals surface area contributed by atoms with Crippen LogP contribution in [-0.4, -0.2) is 13.2 Å². The lowest BCUT2D eigenvalue weighted by Crippen LogP contribution is -2.22. The monoisotopic (exact) mass is 289 g/mol. The highest BCUT2D eigenvalue weighted by molar-refractivity contribution is 7.07. The van der Waals surface area contributed by atoms with E-state index in [0.717, 1.165) is 25.1 Å². The van der Waals surface area contributed by atoms with Crippen molar-refractivity contribution in [2.75, 3.05) is 13.2 Å². The van der Waals surface area contributed by atoms with Gasteiger partial charge in [0.25, 0.3) is 0 Å². The molecule has 1 atom stereocenters. The zero-order chi connectivity index (χ0) is 14.2. The molecule has 0 amide bonds. The zero-order valence-electron chi connectivity index (χ0n) is 12.3. The van der Waals surface area contributed by atoms with Crippen LogP contribution in [0.25, 0.3) is 0 Å². The first-order valence-corrected chi connectivity index (χ1v) is 8.25. The van der Waals surface area contributed by atoms with Crippen LogP contribution < -0.4 is 10.1 Å². The third-order valence-corrected chi connectivity index (χ3v) is 4.08. The Kier molecular flexibility index (Phi) is 6.09. The second-order valence-corrected chi connectivity index (χ2v) is 5.53. The first kappa shape index (κ1) is 15.1. The van der Waals surface area contributed by atoms with E-state index in [-0.39, 0.29) is 0 Å². The van der Waals surface area contributed by atoms with Gasteiger partial charge in [-0.1, -0.05) is 25.1 Å². The zero-order valence-corrected chi connectivity index (χ0v) is 13.1. The van der Waals surface area contributed by atoms with Gasteiger partial charge >= 0.3 is 0 Å². The largest absolute Gasteiger partial charge is 0.494 e. The van der Waals surface area contributed by atoms with Gasteiger partial charge in [-0.05, 0) is 54.8 Å². The van der Waals surface area contributed by atoms with Gasteiger partial charge in [0.15, 0.2) is 0 Å². The van der Waals surface area contributed by atoms with Gasteiger partial charge in [0.1, 0.15) is 5.75 Å². The molecule has 0 saturated heterocycles. The fourth-order valence-electron chi connectivity index (χ4n) is 2.42.